The third kappa shape index (κ3) is 3.15. The molecule has 0 bridgehead atoms. The number of pyridine rings is 1. The molecule has 0 atom stereocenters. The highest BCUT2D eigenvalue weighted by atomic mass is 31.2. The first kappa shape index (κ1) is 14.4. The van der Waals surface area contributed by atoms with Crippen LogP contribution < -0.4 is 5.30 Å². The minimum absolute atomic E-state index is 0.351. The van der Waals surface area contributed by atoms with E-state index in [0.717, 1.165) is 11.3 Å². The van der Waals surface area contributed by atoms with Crippen molar-refractivity contribution in [2.24, 2.45) is 0 Å². The van der Waals surface area contributed by atoms with Crippen molar-refractivity contribution >= 4 is 12.9 Å². The van der Waals surface area contributed by atoms with E-state index in [0.29, 0.717) is 24.2 Å². The Morgan fingerprint density at radius 3 is 2.12 bits per heavy atom. The smallest absolute Gasteiger partial charge is 0.305 e. The van der Waals surface area contributed by atoms with Crippen molar-refractivity contribution in [3.05, 3.63) is 23.0 Å². The first-order valence-electron chi connectivity index (χ1n) is 5.79. The molecule has 17 heavy (non-hydrogen) atoms. The molecule has 0 saturated carbocycles. The molecule has 0 aliphatic heterocycles. The third-order valence-corrected chi connectivity index (χ3v) is 4.78. The maximum Gasteiger partial charge on any atom is 0.363 e. The van der Waals surface area contributed by atoms with Crippen molar-refractivity contribution < 1.29 is 13.6 Å². The van der Waals surface area contributed by atoms with Gasteiger partial charge in [0.1, 0.15) is 0 Å². The lowest BCUT2D eigenvalue weighted by Gasteiger charge is -2.20. The molecule has 96 valence electrons. The molecule has 0 saturated heterocycles. The lowest BCUT2D eigenvalue weighted by molar-refractivity contribution is 0.229. The van der Waals surface area contributed by atoms with Crippen LogP contribution in [-0.2, 0) is 13.6 Å². The molecule has 4 nitrogen and oxygen atoms in total. The van der Waals surface area contributed by atoms with Crippen LogP contribution in [0, 0.1) is 20.8 Å². The zero-order chi connectivity index (χ0) is 13.1. The van der Waals surface area contributed by atoms with Gasteiger partial charge in [0.25, 0.3) is 0 Å². The van der Waals surface area contributed by atoms with Gasteiger partial charge in [-0.15, -0.1) is 0 Å². The summed E-state index contributed by atoms with van der Waals surface area (Å²) in [4.78, 5) is 4.33. The Labute approximate surface area is 103 Å². The predicted octanol–water partition coefficient (Wildman–Crippen LogP) is 2.90. The summed E-state index contributed by atoms with van der Waals surface area (Å²) in [6, 6.07) is 1.90. The molecule has 1 heterocycles. The fourth-order valence-electron chi connectivity index (χ4n) is 1.94. The Kier molecular flexibility index (Phi) is 4.87. The second kappa shape index (κ2) is 5.76. The van der Waals surface area contributed by atoms with E-state index in [1.54, 1.807) is 13.8 Å². The van der Waals surface area contributed by atoms with E-state index in [4.69, 9.17) is 9.05 Å². The van der Waals surface area contributed by atoms with Crippen LogP contribution in [0.3, 0.4) is 0 Å². The summed E-state index contributed by atoms with van der Waals surface area (Å²) < 4.78 is 23.4. The molecule has 0 N–H and O–H groups in total. The lowest BCUT2D eigenvalue weighted by atomic mass is 10.2. The van der Waals surface area contributed by atoms with Gasteiger partial charge in [0.05, 0.1) is 24.2 Å². The number of rotatable bonds is 5. The van der Waals surface area contributed by atoms with E-state index < -0.39 is 7.60 Å². The highest BCUT2D eigenvalue weighted by Gasteiger charge is 2.31. The molecule has 0 spiro atoms. The molecule has 0 aliphatic rings. The van der Waals surface area contributed by atoms with Crippen molar-refractivity contribution in [1.29, 1.82) is 0 Å². The Hall–Kier alpha value is -0.700. The third-order valence-electron chi connectivity index (χ3n) is 2.36. The Balaban J connectivity index is 3.33. The first-order valence-corrected chi connectivity index (χ1v) is 7.33. The average Bonchev–Trinajstić information content (AvgIpc) is 2.15. The normalized spacial score (nSPS) is 11.8. The van der Waals surface area contributed by atoms with Crippen LogP contribution in [-0.4, -0.2) is 18.2 Å². The topological polar surface area (TPSA) is 48.4 Å². The van der Waals surface area contributed by atoms with Crippen LogP contribution in [0.2, 0.25) is 0 Å². The predicted molar refractivity (Wildman–Crippen MR) is 68.9 cm³/mol. The molecule has 0 unspecified atom stereocenters. The molecule has 0 fully saturated rings. The van der Waals surface area contributed by atoms with Crippen LogP contribution in [0.25, 0.3) is 0 Å². The van der Waals surface area contributed by atoms with Crippen molar-refractivity contribution in [1.82, 2.24) is 4.98 Å². The number of aryl methyl sites for hydroxylation is 3. The van der Waals surface area contributed by atoms with Crippen LogP contribution in [0.15, 0.2) is 6.07 Å². The summed E-state index contributed by atoms with van der Waals surface area (Å²) in [7, 11) is -3.23. The lowest BCUT2D eigenvalue weighted by Crippen LogP contribution is -2.19. The van der Waals surface area contributed by atoms with Gasteiger partial charge in [-0.1, -0.05) is 0 Å². The monoisotopic (exact) mass is 257 g/mol. The Morgan fingerprint density at radius 2 is 1.71 bits per heavy atom. The highest BCUT2D eigenvalue weighted by molar-refractivity contribution is 7.62. The minimum Gasteiger partial charge on any atom is -0.305 e. The minimum atomic E-state index is -3.23. The summed E-state index contributed by atoms with van der Waals surface area (Å²) in [5.74, 6) is 0. The van der Waals surface area contributed by atoms with E-state index in [1.807, 2.05) is 26.8 Å². The van der Waals surface area contributed by atoms with Gasteiger partial charge < -0.3 is 9.05 Å². The van der Waals surface area contributed by atoms with E-state index in [2.05, 4.69) is 4.98 Å². The summed E-state index contributed by atoms with van der Waals surface area (Å²) in [6.45, 7) is 9.96. The molecule has 0 amide bonds. The number of hydrogen-bond donors (Lipinski definition) is 0. The molecule has 1 aromatic heterocycles. The molecule has 0 aromatic carbocycles. The van der Waals surface area contributed by atoms with Crippen molar-refractivity contribution in [2.45, 2.75) is 34.6 Å². The molecular weight excluding hydrogens is 237 g/mol. The number of nitrogens with zero attached hydrogens (tertiary/aromatic N) is 1. The summed E-state index contributed by atoms with van der Waals surface area (Å²) in [5, 5.41) is 0.604. The van der Waals surface area contributed by atoms with Gasteiger partial charge in [-0.25, -0.2) is 0 Å². The van der Waals surface area contributed by atoms with Gasteiger partial charge in [-0.2, -0.15) is 0 Å². The van der Waals surface area contributed by atoms with Crippen molar-refractivity contribution in [3.8, 4) is 0 Å². The zero-order valence-electron chi connectivity index (χ0n) is 11.1. The molecule has 0 radical (unpaired) electrons. The molecule has 0 aliphatic carbocycles. The van der Waals surface area contributed by atoms with E-state index in [-0.39, 0.29) is 0 Å². The number of aromatic nitrogens is 1. The molecule has 5 heteroatoms. The maximum atomic E-state index is 12.7. The highest BCUT2D eigenvalue weighted by Crippen LogP contribution is 2.48. The van der Waals surface area contributed by atoms with Crippen molar-refractivity contribution in [2.75, 3.05) is 13.2 Å². The van der Waals surface area contributed by atoms with Crippen LogP contribution >= 0.6 is 7.60 Å². The van der Waals surface area contributed by atoms with Gasteiger partial charge in [-0.3, -0.25) is 9.55 Å². The Morgan fingerprint density at radius 1 is 1.18 bits per heavy atom. The maximum absolute atomic E-state index is 12.7. The van der Waals surface area contributed by atoms with Gasteiger partial charge in [0.15, 0.2) is 0 Å². The fourth-order valence-corrected chi connectivity index (χ4v) is 3.89. The van der Waals surface area contributed by atoms with E-state index in [9.17, 15) is 4.57 Å². The van der Waals surface area contributed by atoms with Gasteiger partial charge in [0.2, 0.25) is 0 Å². The molecule has 1 rings (SSSR count). The van der Waals surface area contributed by atoms with Gasteiger partial charge in [-0.05, 0) is 46.2 Å². The van der Waals surface area contributed by atoms with E-state index in [1.165, 1.54) is 0 Å². The van der Waals surface area contributed by atoms with Crippen LogP contribution in [0.1, 0.15) is 30.8 Å². The van der Waals surface area contributed by atoms with Crippen LogP contribution in [0.4, 0.5) is 0 Å². The summed E-state index contributed by atoms with van der Waals surface area (Å²) >= 11 is 0. The first-order chi connectivity index (χ1) is 7.94. The van der Waals surface area contributed by atoms with Gasteiger partial charge >= 0.3 is 7.60 Å². The quantitative estimate of drug-likeness (QED) is 0.761. The second-order valence-electron chi connectivity index (χ2n) is 3.85. The SMILES string of the molecule is CCOP(=O)(OCC)c1c(C)cc(C)nc1C. The summed E-state index contributed by atoms with van der Waals surface area (Å²) in [6.07, 6.45) is 0. The molecule has 1 aromatic rings. The van der Waals surface area contributed by atoms with Crippen LogP contribution in [0.5, 0.6) is 0 Å². The van der Waals surface area contributed by atoms with E-state index >= 15 is 0 Å². The largest absolute Gasteiger partial charge is 0.363 e. The standard InChI is InChI=1S/C12H20NO3P/c1-6-15-17(14,16-7-2)12-9(3)8-10(4)13-11(12)5/h8H,6-7H2,1-5H3. The van der Waals surface area contributed by atoms with Gasteiger partial charge in [0, 0.05) is 5.69 Å². The zero-order valence-corrected chi connectivity index (χ0v) is 12.0. The summed E-state index contributed by atoms with van der Waals surface area (Å²) in [5.41, 5.74) is 2.52. The molecular formula is C12H20NO3P. The average molecular weight is 257 g/mol. The number of hydrogen-bond acceptors (Lipinski definition) is 4. The van der Waals surface area contributed by atoms with Crippen molar-refractivity contribution in [3.63, 3.8) is 0 Å². The second-order valence-corrected chi connectivity index (χ2v) is 5.81. The fraction of sp³-hybridized carbons (Fsp3) is 0.583. The Bertz CT molecular complexity index is 412.